The summed E-state index contributed by atoms with van der Waals surface area (Å²) in [6, 6.07) is 5.21. The molecule has 0 unspecified atom stereocenters. The predicted octanol–water partition coefficient (Wildman–Crippen LogP) is 0.735. The van der Waals surface area contributed by atoms with Crippen LogP contribution in [0.2, 0.25) is 0 Å². The van der Waals surface area contributed by atoms with Gasteiger partial charge in [0.1, 0.15) is 5.69 Å². The molecule has 2 aromatic rings. The maximum atomic E-state index is 11.5. The van der Waals surface area contributed by atoms with Crippen LogP contribution in [0.15, 0.2) is 36.9 Å². The van der Waals surface area contributed by atoms with Gasteiger partial charge in [-0.25, -0.2) is 4.98 Å². The number of imidazole rings is 1. The maximum Gasteiger partial charge on any atom is 0.270 e. The summed E-state index contributed by atoms with van der Waals surface area (Å²) >= 11 is 0. The minimum absolute atomic E-state index is 0.190. The average Bonchev–Trinajstić information content (AvgIpc) is 2.80. The van der Waals surface area contributed by atoms with Crippen molar-refractivity contribution in [3.8, 4) is 0 Å². The van der Waals surface area contributed by atoms with Gasteiger partial charge in [-0.3, -0.25) is 9.78 Å². The van der Waals surface area contributed by atoms with Gasteiger partial charge in [-0.15, -0.1) is 0 Å². The van der Waals surface area contributed by atoms with E-state index in [0.29, 0.717) is 12.2 Å². The van der Waals surface area contributed by atoms with E-state index in [9.17, 15) is 4.79 Å². The summed E-state index contributed by atoms with van der Waals surface area (Å²) in [6.07, 6.45) is 4.83. The highest BCUT2D eigenvalue weighted by Crippen LogP contribution is 1.95. The molecule has 1 amide bonds. The predicted molar refractivity (Wildman–Crippen MR) is 54.0 cm³/mol. The summed E-state index contributed by atoms with van der Waals surface area (Å²) in [5.41, 5.74) is 1.27. The third-order valence-electron chi connectivity index (χ3n) is 1.89. The lowest BCUT2D eigenvalue weighted by molar-refractivity contribution is 0.0945. The maximum absolute atomic E-state index is 11.5. The van der Waals surface area contributed by atoms with Crippen molar-refractivity contribution in [2.75, 3.05) is 0 Å². The van der Waals surface area contributed by atoms with E-state index >= 15 is 0 Å². The van der Waals surface area contributed by atoms with Gasteiger partial charge < -0.3 is 10.3 Å². The van der Waals surface area contributed by atoms with Crippen LogP contribution in [-0.4, -0.2) is 20.9 Å². The minimum atomic E-state index is -0.190. The highest BCUT2D eigenvalue weighted by molar-refractivity contribution is 5.92. The number of pyridine rings is 1. The van der Waals surface area contributed by atoms with Gasteiger partial charge in [-0.2, -0.15) is 0 Å². The molecular weight excluding hydrogens is 192 g/mol. The third kappa shape index (κ3) is 2.40. The lowest BCUT2D eigenvalue weighted by atomic mass is 10.3. The zero-order valence-electron chi connectivity index (χ0n) is 7.97. The van der Waals surface area contributed by atoms with Crippen LogP contribution in [0.1, 0.15) is 16.2 Å². The van der Waals surface area contributed by atoms with Crippen LogP contribution in [0, 0.1) is 0 Å². The first kappa shape index (κ1) is 9.39. The number of carbonyl (C=O) groups excluding carboxylic acids is 1. The molecule has 2 N–H and O–H groups in total. The molecule has 0 aromatic carbocycles. The highest BCUT2D eigenvalue weighted by Gasteiger charge is 2.05. The second-order valence-electron chi connectivity index (χ2n) is 2.97. The van der Waals surface area contributed by atoms with Gasteiger partial charge in [0, 0.05) is 12.4 Å². The quantitative estimate of drug-likeness (QED) is 0.771. The first-order valence-corrected chi connectivity index (χ1v) is 4.53. The molecule has 15 heavy (non-hydrogen) atoms. The molecule has 2 heterocycles. The second kappa shape index (κ2) is 4.36. The molecule has 2 rings (SSSR count). The average molecular weight is 202 g/mol. The zero-order valence-corrected chi connectivity index (χ0v) is 7.97. The Kier molecular flexibility index (Phi) is 2.73. The summed E-state index contributed by atoms with van der Waals surface area (Å²) in [5, 5.41) is 2.73. The Morgan fingerprint density at radius 3 is 3.07 bits per heavy atom. The molecule has 0 fully saturated rings. The fraction of sp³-hybridized carbons (Fsp3) is 0.100. The van der Waals surface area contributed by atoms with Gasteiger partial charge in [-0.05, 0) is 12.1 Å². The SMILES string of the molecule is O=C(NCc1cnc[nH]1)c1ccccn1. The molecule has 5 nitrogen and oxygen atoms in total. The van der Waals surface area contributed by atoms with Crippen molar-refractivity contribution >= 4 is 5.91 Å². The number of nitrogens with one attached hydrogen (secondary N) is 2. The third-order valence-corrected chi connectivity index (χ3v) is 1.89. The molecule has 0 radical (unpaired) electrons. The number of hydrogen-bond acceptors (Lipinski definition) is 3. The van der Waals surface area contributed by atoms with E-state index in [-0.39, 0.29) is 5.91 Å². The molecule has 0 saturated heterocycles. The number of nitrogens with zero attached hydrogens (tertiary/aromatic N) is 2. The fourth-order valence-corrected chi connectivity index (χ4v) is 1.14. The normalized spacial score (nSPS) is 9.87. The summed E-state index contributed by atoms with van der Waals surface area (Å²) in [6.45, 7) is 0.426. The molecule has 0 saturated carbocycles. The molecule has 2 aromatic heterocycles. The Bertz CT molecular complexity index is 424. The zero-order chi connectivity index (χ0) is 10.5. The Morgan fingerprint density at radius 2 is 2.40 bits per heavy atom. The molecule has 76 valence electrons. The van der Waals surface area contributed by atoms with Gasteiger partial charge >= 0.3 is 0 Å². The number of aromatic amines is 1. The van der Waals surface area contributed by atoms with E-state index in [4.69, 9.17) is 0 Å². The van der Waals surface area contributed by atoms with E-state index in [1.54, 1.807) is 36.9 Å². The Balaban J connectivity index is 1.94. The first-order chi connectivity index (χ1) is 7.36. The van der Waals surface area contributed by atoms with Crippen molar-refractivity contribution in [3.63, 3.8) is 0 Å². The van der Waals surface area contributed by atoms with Crippen LogP contribution < -0.4 is 5.32 Å². The standard InChI is InChI=1S/C10H10N4O/c15-10(9-3-1-2-4-12-9)13-6-8-5-11-7-14-8/h1-5,7H,6H2,(H,11,14)(H,13,15). The lowest BCUT2D eigenvalue weighted by Gasteiger charge is -2.01. The number of amides is 1. The number of aromatic nitrogens is 3. The van der Waals surface area contributed by atoms with Gasteiger partial charge in [0.2, 0.25) is 0 Å². The molecule has 0 aliphatic carbocycles. The summed E-state index contributed by atoms with van der Waals surface area (Å²) in [4.78, 5) is 22.2. The van der Waals surface area contributed by atoms with E-state index in [2.05, 4.69) is 20.3 Å². The lowest BCUT2D eigenvalue weighted by Crippen LogP contribution is -2.23. The van der Waals surface area contributed by atoms with Gasteiger partial charge in [-0.1, -0.05) is 6.07 Å². The Morgan fingerprint density at radius 1 is 1.47 bits per heavy atom. The highest BCUT2D eigenvalue weighted by atomic mass is 16.1. The Labute approximate surface area is 86.6 Å². The van der Waals surface area contributed by atoms with Crippen molar-refractivity contribution in [2.45, 2.75) is 6.54 Å². The van der Waals surface area contributed by atoms with Crippen LogP contribution in [0.4, 0.5) is 0 Å². The molecule has 0 atom stereocenters. The van der Waals surface area contributed by atoms with Crippen LogP contribution >= 0.6 is 0 Å². The second-order valence-corrected chi connectivity index (χ2v) is 2.97. The van der Waals surface area contributed by atoms with Crippen molar-refractivity contribution in [1.29, 1.82) is 0 Å². The molecule has 0 aliphatic rings. The van der Waals surface area contributed by atoms with Crippen molar-refractivity contribution in [3.05, 3.63) is 48.3 Å². The summed E-state index contributed by atoms with van der Waals surface area (Å²) in [5.74, 6) is -0.190. The van der Waals surface area contributed by atoms with E-state index in [0.717, 1.165) is 5.69 Å². The van der Waals surface area contributed by atoms with Crippen LogP contribution in [0.3, 0.4) is 0 Å². The van der Waals surface area contributed by atoms with Crippen molar-refractivity contribution in [2.24, 2.45) is 0 Å². The van der Waals surface area contributed by atoms with Crippen molar-refractivity contribution in [1.82, 2.24) is 20.3 Å². The molecule has 0 aliphatic heterocycles. The summed E-state index contributed by atoms with van der Waals surface area (Å²) < 4.78 is 0. The van der Waals surface area contributed by atoms with E-state index in [1.165, 1.54) is 0 Å². The molecule has 0 bridgehead atoms. The molecule has 5 heteroatoms. The van der Waals surface area contributed by atoms with Gasteiger partial charge in [0.25, 0.3) is 5.91 Å². The van der Waals surface area contributed by atoms with E-state index < -0.39 is 0 Å². The van der Waals surface area contributed by atoms with Crippen LogP contribution in [0.5, 0.6) is 0 Å². The van der Waals surface area contributed by atoms with Gasteiger partial charge in [0.05, 0.1) is 18.6 Å². The number of rotatable bonds is 3. The molecule has 0 spiro atoms. The van der Waals surface area contributed by atoms with Gasteiger partial charge in [0.15, 0.2) is 0 Å². The van der Waals surface area contributed by atoms with Crippen LogP contribution in [0.25, 0.3) is 0 Å². The molecular formula is C10H10N4O. The summed E-state index contributed by atoms with van der Waals surface area (Å²) in [7, 11) is 0. The Hall–Kier alpha value is -2.17. The van der Waals surface area contributed by atoms with Crippen molar-refractivity contribution < 1.29 is 4.79 Å². The topological polar surface area (TPSA) is 70.7 Å². The van der Waals surface area contributed by atoms with E-state index in [1.807, 2.05) is 0 Å². The minimum Gasteiger partial charge on any atom is -0.347 e. The number of H-pyrrole nitrogens is 1. The first-order valence-electron chi connectivity index (χ1n) is 4.53. The number of carbonyl (C=O) groups is 1. The van der Waals surface area contributed by atoms with Crippen LogP contribution in [-0.2, 0) is 6.54 Å². The number of hydrogen-bond donors (Lipinski definition) is 2. The smallest absolute Gasteiger partial charge is 0.270 e. The fourth-order valence-electron chi connectivity index (χ4n) is 1.14. The monoisotopic (exact) mass is 202 g/mol. The largest absolute Gasteiger partial charge is 0.347 e.